The van der Waals surface area contributed by atoms with E-state index in [2.05, 4.69) is 10.3 Å². The van der Waals surface area contributed by atoms with E-state index in [9.17, 15) is 20.1 Å². The van der Waals surface area contributed by atoms with Crippen molar-refractivity contribution >= 4 is 17.5 Å². The second kappa shape index (κ2) is 10.7. The molecular formula is C24H27ClN4O6. The van der Waals surface area contributed by atoms with Crippen LogP contribution in [0.4, 0.5) is 0 Å². The van der Waals surface area contributed by atoms with Gasteiger partial charge in [0.1, 0.15) is 36.3 Å². The molecule has 5 N–H and O–H groups in total. The summed E-state index contributed by atoms with van der Waals surface area (Å²) in [6.07, 6.45) is -4.26. The van der Waals surface area contributed by atoms with Gasteiger partial charge in [-0.15, -0.1) is 5.10 Å². The molecule has 1 fully saturated rings. The number of aromatic nitrogens is 3. The number of primary amides is 1. The highest BCUT2D eigenvalue weighted by Crippen LogP contribution is 2.35. The number of amides is 1. The molecule has 11 heteroatoms. The smallest absolute Gasteiger partial charge is 0.270 e. The predicted molar refractivity (Wildman–Crippen MR) is 126 cm³/mol. The summed E-state index contributed by atoms with van der Waals surface area (Å²) in [7, 11) is 0. The van der Waals surface area contributed by atoms with Crippen LogP contribution in [0.15, 0.2) is 48.7 Å². The number of aliphatic hydroxyl groups excluding tert-OH is 3. The average molecular weight is 503 g/mol. The Hall–Kier alpha value is -3.02. The minimum absolute atomic E-state index is 0.0195. The topological polar surface area (TPSA) is 153 Å². The zero-order chi connectivity index (χ0) is 25.1. The third-order valence-electron chi connectivity index (χ3n) is 5.90. The van der Waals surface area contributed by atoms with Crippen LogP contribution >= 0.6 is 11.6 Å². The molecule has 1 saturated heterocycles. The molecule has 3 aromatic rings. The maximum atomic E-state index is 11.3. The van der Waals surface area contributed by atoms with Crippen molar-refractivity contribution < 1.29 is 29.6 Å². The predicted octanol–water partition coefficient (Wildman–Crippen LogP) is 1.24. The van der Waals surface area contributed by atoms with Crippen molar-refractivity contribution in [1.29, 1.82) is 0 Å². The van der Waals surface area contributed by atoms with Gasteiger partial charge in [0.15, 0.2) is 5.69 Å². The maximum Gasteiger partial charge on any atom is 0.270 e. The second-order valence-corrected chi connectivity index (χ2v) is 8.77. The number of halogens is 1. The van der Waals surface area contributed by atoms with E-state index in [1.807, 2.05) is 37.3 Å². The monoisotopic (exact) mass is 502 g/mol. The highest BCUT2D eigenvalue weighted by molar-refractivity contribution is 6.31. The zero-order valence-corrected chi connectivity index (χ0v) is 19.7. The lowest BCUT2D eigenvalue weighted by atomic mass is 9.90. The number of carbonyl (C=O) groups excluding carboxylic acids is 1. The second-order valence-electron chi connectivity index (χ2n) is 8.36. The van der Waals surface area contributed by atoms with E-state index in [0.29, 0.717) is 23.6 Å². The maximum absolute atomic E-state index is 11.3. The molecule has 0 saturated carbocycles. The molecule has 0 bridgehead atoms. The third kappa shape index (κ3) is 5.63. The van der Waals surface area contributed by atoms with Gasteiger partial charge in [0.2, 0.25) is 0 Å². The number of hydrogen-bond donors (Lipinski definition) is 4. The molecule has 2 aromatic carbocycles. The van der Waals surface area contributed by atoms with Gasteiger partial charge in [0, 0.05) is 5.02 Å². The Morgan fingerprint density at radius 1 is 1.14 bits per heavy atom. The lowest BCUT2D eigenvalue weighted by Gasteiger charge is -2.41. The highest BCUT2D eigenvalue weighted by atomic mass is 35.5. The molecule has 1 aliphatic rings. The van der Waals surface area contributed by atoms with Crippen molar-refractivity contribution in [1.82, 2.24) is 15.0 Å². The molecule has 0 radical (unpaired) electrons. The molecule has 35 heavy (non-hydrogen) atoms. The fourth-order valence-corrected chi connectivity index (χ4v) is 4.24. The molecule has 2 heterocycles. The Labute approximate surface area is 206 Å². The molecule has 5 atom stereocenters. The van der Waals surface area contributed by atoms with E-state index in [4.69, 9.17) is 26.8 Å². The number of hydrogen-bond acceptors (Lipinski definition) is 8. The normalized spacial score (nSPS) is 24.3. The number of nitrogens with zero attached hydrogens (tertiary/aromatic N) is 3. The number of carbonyl (C=O) groups is 1. The van der Waals surface area contributed by atoms with E-state index in [1.54, 1.807) is 12.1 Å². The summed E-state index contributed by atoms with van der Waals surface area (Å²) in [6, 6.07) is 12.9. The van der Waals surface area contributed by atoms with Gasteiger partial charge < -0.3 is 30.5 Å². The Bertz CT molecular complexity index is 1170. The fraction of sp³-hybridized carbons (Fsp3) is 0.375. The van der Waals surface area contributed by atoms with E-state index in [1.165, 1.54) is 10.9 Å². The number of rotatable bonds is 8. The summed E-state index contributed by atoms with van der Waals surface area (Å²) in [5.74, 6) is 0.0414. The molecule has 0 aliphatic carbocycles. The Morgan fingerprint density at radius 3 is 2.54 bits per heavy atom. The third-order valence-corrected chi connectivity index (χ3v) is 6.27. The molecule has 10 nitrogen and oxygen atoms in total. The first-order chi connectivity index (χ1) is 16.8. The largest absolute Gasteiger partial charge is 0.494 e. The van der Waals surface area contributed by atoms with Gasteiger partial charge in [-0.25, -0.2) is 4.68 Å². The van der Waals surface area contributed by atoms with Gasteiger partial charge >= 0.3 is 0 Å². The fourth-order valence-electron chi connectivity index (χ4n) is 4.06. The van der Waals surface area contributed by atoms with Crippen LogP contribution in [-0.4, -0.2) is 67.2 Å². The summed E-state index contributed by atoms with van der Waals surface area (Å²) in [5.41, 5.74) is 7.58. The first-order valence-corrected chi connectivity index (χ1v) is 11.5. The Balaban J connectivity index is 1.54. The van der Waals surface area contributed by atoms with Gasteiger partial charge in [0.25, 0.3) is 5.91 Å². The minimum atomic E-state index is -1.47. The summed E-state index contributed by atoms with van der Waals surface area (Å²) >= 11 is 6.44. The van der Waals surface area contributed by atoms with Crippen LogP contribution in [0.2, 0.25) is 5.02 Å². The van der Waals surface area contributed by atoms with Crippen molar-refractivity contribution in [3.05, 3.63) is 76.1 Å². The van der Waals surface area contributed by atoms with Gasteiger partial charge in [-0.1, -0.05) is 41.1 Å². The molecular weight excluding hydrogens is 476 g/mol. The Kier molecular flexibility index (Phi) is 7.68. The first kappa shape index (κ1) is 25.1. The van der Waals surface area contributed by atoms with E-state index in [-0.39, 0.29) is 12.2 Å². The lowest BCUT2D eigenvalue weighted by Crippen LogP contribution is -2.55. The minimum Gasteiger partial charge on any atom is -0.494 e. The van der Waals surface area contributed by atoms with E-state index < -0.39 is 36.4 Å². The van der Waals surface area contributed by atoms with E-state index >= 15 is 0 Å². The summed E-state index contributed by atoms with van der Waals surface area (Å²) < 4.78 is 12.8. The van der Waals surface area contributed by atoms with Crippen LogP contribution in [0.5, 0.6) is 5.75 Å². The summed E-state index contributed by atoms with van der Waals surface area (Å²) in [6.45, 7) is 2.49. The molecule has 1 amide bonds. The lowest BCUT2D eigenvalue weighted by molar-refractivity contribution is -0.228. The summed E-state index contributed by atoms with van der Waals surface area (Å²) in [4.78, 5) is 11.3. The van der Waals surface area contributed by atoms with Crippen molar-refractivity contribution in [2.45, 2.75) is 50.4 Å². The molecule has 1 aliphatic heterocycles. The number of benzene rings is 2. The summed E-state index contributed by atoms with van der Waals surface area (Å²) in [5, 5.41) is 39.7. The SMILES string of the molecule is CCOc1ccc(Cc2cc([C@@H]3O[C@H](Cn4cc(C(N)=O)nn4)[C@H](O)[C@@H](O)[C@H]3O)ccc2Cl)cc1. The van der Waals surface area contributed by atoms with Crippen LogP contribution in [0.3, 0.4) is 0 Å². The molecule has 0 unspecified atom stereocenters. The van der Waals surface area contributed by atoms with Crippen molar-refractivity contribution in [2.24, 2.45) is 5.73 Å². The van der Waals surface area contributed by atoms with Gasteiger partial charge in [-0.05, 0) is 48.2 Å². The molecule has 186 valence electrons. The van der Waals surface area contributed by atoms with Crippen molar-refractivity contribution in [2.75, 3.05) is 6.61 Å². The van der Waals surface area contributed by atoms with Crippen molar-refractivity contribution in [3.8, 4) is 5.75 Å². The zero-order valence-electron chi connectivity index (χ0n) is 19.0. The molecule has 1 aromatic heterocycles. The average Bonchev–Trinajstić information content (AvgIpc) is 3.31. The Morgan fingerprint density at radius 2 is 1.89 bits per heavy atom. The van der Waals surface area contributed by atoms with Crippen LogP contribution in [-0.2, 0) is 17.7 Å². The standard InChI is InChI=1S/C24H27ClN4O6/c1-2-34-16-6-3-13(4-7-16)9-15-10-14(5-8-17(15)25)23-22(32)21(31)20(30)19(35-23)12-29-11-18(24(26)33)27-28-29/h3-8,10-11,19-23,30-32H,2,9,12H2,1H3,(H2,26,33)/t19-,20+,21-,22-,23+/m1/s1. The van der Waals surface area contributed by atoms with E-state index in [0.717, 1.165) is 16.9 Å². The first-order valence-electron chi connectivity index (χ1n) is 11.2. The highest BCUT2D eigenvalue weighted by Gasteiger charge is 2.44. The number of nitrogens with two attached hydrogens (primary N) is 1. The quantitative estimate of drug-likeness (QED) is 0.359. The van der Waals surface area contributed by atoms with Gasteiger partial charge in [-0.2, -0.15) is 0 Å². The number of ether oxygens (including phenoxy) is 2. The van der Waals surface area contributed by atoms with Gasteiger partial charge in [0.05, 0.1) is 19.3 Å². The van der Waals surface area contributed by atoms with Crippen LogP contribution in [0.1, 0.15) is 40.2 Å². The van der Waals surface area contributed by atoms with Crippen LogP contribution < -0.4 is 10.5 Å². The van der Waals surface area contributed by atoms with Crippen molar-refractivity contribution in [3.63, 3.8) is 0 Å². The molecule has 0 spiro atoms. The number of aliphatic hydroxyl groups is 3. The van der Waals surface area contributed by atoms with Gasteiger partial charge in [-0.3, -0.25) is 4.79 Å². The van der Waals surface area contributed by atoms with Crippen LogP contribution in [0.25, 0.3) is 0 Å². The molecule has 4 rings (SSSR count). The van der Waals surface area contributed by atoms with Crippen LogP contribution in [0, 0.1) is 0 Å².